The summed E-state index contributed by atoms with van der Waals surface area (Å²) in [5.74, 6) is 0.767. The van der Waals surface area contributed by atoms with E-state index in [9.17, 15) is 5.11 Å². The fourth-order valence-corrected chi connectivity index (χ4v) is 5.35. The lowest BCUT2D eigenvalue weighted by atomic mass is 9.81. The van der Waals surface area contributed by atoms with Gasteiger partial charge in [-0.25, -0.2) is 0 Å². The number of aliphatic hydroxyl groups is 1. The Labute approximate surface area is 124 Å². The smallest absolute Gasteiger partial charge is 0.105 e. The first-order valence-corrected chi connectivity index (χ1v) is 8.35. The van der Waals surface area contributed by atoms with Crippen LogP contribution < -0.4 is 0 Å². The van der Waals surface area contributed by atoms with Gasteiger partial charge in [-0.3, -0.25) is 0 Å². The van der Waals surface area contributed by atoms with Crippen molar-refractivity contribution >= 4 is 11.3 Å². The van der Waals surface area contributed by atoms with E-state index >= 15 is 0 Å². The van der Waals surface area contributed by atoms with Crippen LogP contribution in [-0.4, -0.2) is 5.11 Å². The van der Waals surface area contributed by atoms with E-state index in [-0.39, 0.29) is 0 Å². The van der Waals surface area contributed by atoms with Gasteiger partial charge in [0.05, 0.1) is 0 Å². The van der Waals surface area contributed by atoms with Gasteiger partial charge in [-0.1, -0.05) is 24.3 Å². The van der Waals surface area contributed by atoms with Crippen LogP contribution in [0, 0.1) is 18.8 Å². The number of fused-ring (bicyclic) bond motifs is 3. The molecule has 2 unspecified atom stereocenters. The van der Waals surface area contributed by atoms with E-state index < -0.39 is 5.60 Å². The molecule has 1 nitrogen and oxygen atoms in total. The summed E-state index contributed by atoms with van der Waals surface area (Å²) in [6, 6.07) is 13.1. The second-order valence-electron chi connectivity index (χ2n) is 6.38. The van der Waals surface area contributed by atoms with Crippen molar-refractivity contribution in [2.45, 2.75) is 38.2 Å². The van der Waals surface area contributed by atoms with Crippen LogP contribution in [0.15, 0.2) is 36.4 Å². The first-order chi connectivity index (χ1) is 9.68. The van der Waals surface area contributed by atoms with E-state index in [0.29, 0.717) is 11.8 Å². The summed E-state index contributed by atoms with van der Waals surface area (Å²) < 4.78 is 0. The third-order valence-corrected chi connectivity index (χ3v) is 6.44. The van der Waals surface area contributed by atoms with Crippen molar-refractivity contribution in [1.29, 1.82) is 0 Å². The van der Waals surface area contributed by atoms with Gasteiger partial charge >= 0.3 is 0 Å². The Hall–Kier alpha value is -1.12. The number of hydrogen-bond donors (Lipinski definition) is 1. The average Bonchev–Trinajstić information content (AvgIpc) is 2.94. The fraction of sp³-hybridized carbons (Fsp3) is 0.444. The molecule has 1 saturated carbocycles. The molecule has 1 aromatic carbocycles. The summed E-state index contributed by atoms with van der Waals surface area (Å²) in [6.45, 7) is 2.13. The molecule has 2 aliphatic rings. The van der Waals surface area contributed by atoms with Gasteiger partial charge in [0, 0.05) is 9.75 Å². The highest BCUT2D eigenvalue weighted by molar-refractivity contribution is 7.12. The minimum atomic E-state index is -0.599. The third kappa shape index (κ3) is 1.71. The highest BCUT2D eigenvalue weighted by Crippen LogP contribution is 2.54. The maximum atomic E-state index is 11.5. The number of benzene rings is 1. The SMILES string of the molecule is Cc1ccc(C2(O)C3CCC2Cc2ccccc2C3)s1. The molecule has 2 bridgehead atoms. The van der Waals surface area contributed by atoms with Gasteiger partial charge in [0.15, 0.2) is 0 Å². The summed E-state index contributed by atoms with van der Waals surface area (Å²) >= 11 is 1.78. The number of rotatable bonds is 1. The fourth-order valence-electron chi connectivity index (χ4n) is 4.23. The standard InChI is InChI=1S/C18H20OS/c1-12-6-9-17(20-12)18(19)15-7-8-16(18)11-14-5-3-2-4-13(14)10-15/h2-6,9,15-16,19H,7-8,10-11H2,1H3. The third-order valence-electron chi connectivity index (χ3n) is 5.29. The molecule has 4 rings (SSSR count). The molecule has 1 heterocycles. The molecular formula is C18H20OS. The van der Waals surface area contributed by atoms with Gasteiger partial charge in [0.1, 0.15) is 5.60 Å². The van der Waals surface area contributed by atoms with E-state index in [1.807, 2.05) is 0 Å². The zero-order valence-electron chi connectivity index (χ0n) is 11.8. The van der Waals surface area contributed by atoms with Gasteiger partial charge in [0.2, 0.25) is 0 Å². The molecule has 20 heavy (non-hydrogen) atoms. The van der Waals surface area contributed by atoms with Crippen molar-refractivity contribution < 1.29 is 5.11 Å². The minimum absolute atomic E-state index is 0.384. The van der Waals surface area contributed by atoms with Crippen molar-refractivity contribution in [2.75, 3.05) is 0 Å². The molecule has 2 heteroatoms. The summed E-state index contributed by atoms with van der Waals surface area (Å²) in [5.41, 5.74) is 2.30. The van der Waals surface area contributed by atoms with Gasteiger partial charge in [-0.05, 0) is 67.7 Å². The molecular weight excluding hydrogens is 264 g/mol. The van der Waals surface area contributed by atoms with Crippen LogP contribution in [0.5, 0.6) is 0 Å². The van der Waals surface area contributed by atoms with Crippen molar-refractivity contribution in [3.05, 3.63) is 57.3 Å². The second-order valence-corrected chi connectivity index (χ2v) is 7.67. The Bertz CT molecular complexity index is 609. The molecule has 1 N–H and O–H groups in total. The van der Waals surface area contributed by atoms with E-state index in [1.165, 1.54) is 20.9 Å². The van der Waals surface area contributed by atoms with Gasteiger partial charge in [-0.15, -0.1) is 11.3 Å². The maximum Gasteiger partial charge on any atom is 0.105 e. The molecule has 0 aliphatic heterocycles. The summed E-state index contributed by atoms with van der Waals surface area (Å²) in [4.78, 5) is 2.49. The van der Waals surface area contributed by atoms with Crippen LogP contribution in [0.2, 0.25) is 0 Å². The maximum absolute atomic E-state index is 11.5. The quantitative estimate of drug-likeness (QED) is 0.837. The number of hydrogen-bond acceptors (Lipinski definition) is 2. The Kier molecular flexibility index (Phi) is 2.80. The topological polar surface area (TPSA) is 20.2 Å². The van der Waals surface area contributed by atoms with E-state index in [4.69, 9.17) is 0 Å². The van der Waals surface area contributed by atoms with Gasteiger partial charge in [-0.2, -0.15) is 0 Å². The zero-order valence-corrected chi connectivity index (χ0v) is 12.6. The van der Waals surface area contributed by atoms with Gasteiger partial charge < -0.3 is 5.11 Å². The first kappa shape index (κ1) is 12.6. The molecule has 2 aromatic rings. The molecule has 0 radical (unpaired) electrons. The lowest BCUT2D eigenvalue weighted by Crippen LogP contribution is -2.36. The Morgan fingerprint density at radius 3 is 2.10 bits per heavy atom. The Morgan fingerprint density at radius 2 is 1.60 bits per heavy atom. The lowest BCUT2D eigenvalue weighted by molar-refractivity contribution is -0.0361. The minimum Gasteiger partial charge on any atom is -0.384 e. The molecule has 2 aliphatic carbocycles. The predicted octanol–water partition coefficient (Wildman–Crippen LogP) is 4.07. The molecule has 2 atom stereocenters. The Morgan fingerprint density at radius 1 is 1.00 bits per heavy atom. The molecule has 104 valence electrons. The Balaban J connectivity index is 1.81. The monoisotopic (exact) mass is 284 g/mol. The summed E-state index contributed by atoms with van der Waals surface area (Å²) in [6.07, 6.45) is 4.37. The van der Waals surface area contributed by atoms with E-state index in [0.717, 1.165) is 25.7 Å². The zero-order chi connectivity index (χ0) is 13.7. The summed E-state index contributed by atoms with van der Waals surface area (Å²) in [7, 11) is 0. The predicted molar refractivity (Wildman–Crippen MR) is 83.0 cm³/mol. The lowest BCUT2D eigenvalue weighted by Gasteiger charge is -2.33. The largest absolute Gasteiger partial charge is 0.384 e. The van der Waals surface area contributed by atoms with Crippen LogP contribution >= 0.6 is 11.3 Å². The van der Waals surface area contributed by atoms with Crippen LogP contribution in [0.25, 0.3) is 0 Å². The summed E-state index contributed by atoms with van der Waals surface area (Å²) in [5, 5.41) is 11.5. The van der Waals surface area contributed by atoms with Crippen molar-refractivity contribution in [3.63, 3.8) is 0 Å². The molecule has 1 aromatic heterocycles. The normalized spacial score (nSPS) is 31.9. The van der Waals surface area contributed by atoms with Crippen molar-refractivity contribution in [2.24, 2.45) is 11.8 Å². The van der Waals surface area contributed by atoms with Crippen LogP contribution in [0.3, 0.4) is 0 Å². The van der Waals surface area contributed by atoms with E-state index in [2.05, 4.69) is 43.3 Å². The highest BCUT2D eigenvalue weighted by Gasteiger charge is 2.52. The van der Waals surface area contributed by atoms with E-state index in [1.54, 1.807) is 11.3 Å². The van der Waals surface area contributed by atoms with Crippen molar-refractivity contribution in [3.8, 4) is 0 Å². The molecule has 1 fully saturated rings. The van der Waals surface area contributed by atoms with Crippen molar-refractivity contribution in [1.82, 2.24) is 0 Å². The molecule has 0 amide bonds. The second kappa shape index (κ2) is 4.44. The molecule has 0 saturated heterocycles. The van der Waals surface area contributed by atoms with Crippen LogP contribution in [0.4, 0.5) is 0 Å². The number of thiophene rings is 1. The average molecular weight is 284 g/mol. The van der Waals surface area contributed by atoms with Crippen LogP contribution in [0.1, 0.15) is 33.7 Å². The van der Waals surface area contributed by atoms with Crippen LogP contribution in [-0.2, 0) is 18.4 Å². The van der Waals surface area contributed by atoms with Gasteiger partial charge in [0.25, 0.3) is 0 Å². The highest BCUT2D eigenvalue weighted by atomic mass is 32.1. The first-order valence-electron chi connectivity index (χ1n) is 7.54. The molecule has 0 spiro atoms. The number of aryl methyl sites for hydroxylation is 1.